The van der Waals surface area contributed by atoms with Crippen LogP contribution in [-0.2, 0) is 21.2 Å². The second kappa shape index (κ2) is 9.25. The molecule has 33 heavy (non-hydrogen) atoms. The minimum Gasteiger partial charge on any atom is -0.379 e. The first-order chi connectivity index (χ1) is 16.1. The average molecular weight is 461 g/mol. The Kier molecular flexibility index (Phi) is 6.02. The third kappa shape index (κ3) is 4.72. The zero-order valence-electron chi connectivity index (χ0n) is 18.2. The summed E-state index contributed by atoms with van der Waals surface area (Å²) < 4.78 is 29.6. The molecule has 0 amide bonds. The summed E-state index contributed by atoms with van der Waals surface area (Å²) in [5.74, 6) is 0.0417. The molecule has 0 saturated carbocycles. The first-order valence-electron chi connectivity index (χ1n) is 10.9. The monoisotopic (exact) mass is 460 g/mol. The Hall–Kier alpha value is -3.36. The summed E-state index contributed by atoms with van der Waals surface area (Å²) in [4.78, 5) is 9.26. The molecule has 3 aromatic heterocycles. The van der Waals surface area contributed by atoms with Gasteiger partial charge in [-0.2, -0.15) is 5.10 Å². The number of benzene rings is 1. The van der Waals surface area contributed by atoms with E-state index in [-0.39, 0.29) is 11.8 Å². The molecule has 1 fully saturated rings. The largest absolute Gasteiger partial charge is 0.379 e. The lowest BCUT2D eigenvalue weighted by Crippen LogP contribution is -2.09. The highest BCUT2D eigenvalue weighted by molar-refractivity contribution is 7.71. The van der Waals surface area contributed by atoms with Crippen molar-refractivity contribution < 1.29 is 13.2 Å². The SMILES string of the molecule is Cc1cccc(-c2nn([C@@H]3CCOC3)cc2-c2ccnc(-c3ccc(C[SH](=O)=O)cc3)c2)n1. The minimum absolute atomic E-state index is 0.0417. The van der Waals surface area contributed by atoms with E-state index in [9.17, 15) is 8.42 Å². The number of hydrogen-bond donors (Lipinski definition) is 1. The van der Waals surface area contributed by atoms with Gasteiger partial charge in [-0.1, -0.05) is 30.3 Å². The summed E-state index contributed by atoms with van der Waals surface area (Å²) in [6.45, 7) is 3.38. The molecule has 1 aliphatic heterocycles. The molecule has 0 bridgehead atoms. The van der Waals surface area contributed by atoms with Crippen LogP contribution in [0.1, 0.15) is 23.7 Å². The van der Waals surface area contributed by atoms with Crippen LogP contribution < -0.4 is 0 Å². The smallest absolute Gasteiger partial charge is 0.144 e. The van der Waals surface area contributed by atoms with Crippen LogP contribution in [0, 0.1) is 6.92 Å². The van der Waals surface area contributed by atoms with Gasteiger partial charge in [0.15, 0.2) is 0 Å². The van der Waals surface area contributed by atoms with Crippen molar-refractivity contribution in [2.24, 2.45) is 0 Å². The maximum Gasteiger partial charge on any atom is 0.144 e. The number of aromatic nitrogens is 4. The van der Waals surface area contributed by atoms with Gasteiger partial charge in [0.2, 0.25) is 0 Å². The summed E-state index contributed by atoms with van der Waals surface area (Å²) in [5.41, 5.74) is 7.08. The van der Waals surface area contributed by atoms with E-state index in [1.54, 1.807) is 6.20 Å². The van der Waals surface area contributed by atoms with Crippen LogP contribution in [0.2, 0.25) is 0 Å². The van der Waals surface area contributed by atoms with Crippen molar-refractivity contribution in [3.8, 4) is 33.8 Å². The van der Waals surface area contributed by atoms with Crippen molar-refractivity contribution in [3.63, 3.8) is 0 Å². The molecule has 0 aliphatic carbocycles. The van der Waals surface area contributed by atoms with Gasteiger partial charge in [-0.05, 0) is 48.7 Å². The molecule has 4 heterocycles. The molecular weight excluding hydrogens is 436 g/mol. The maximum atomic E-state index is 11.0. The van der Waals surface area contributed by atoms with E-state index in [0.29, 0.717) is 6.61 Å². The summed E-state index contributed by atoms with van der Waals surface area (Å²) in [5, 5.41) is 4.92. The van der Waals surface area contributed by atoms with Crippen molar-refractivity contribution in [2.45, 2.75) is 25.1 Å². The molecular formula is C25H24N4O3S. The van der Waals surface area contributed by atoms with E-state index in [2.05, 4.69) is 11.2 Å². The quantitative estimate of drug-likeness (QED) is 0.437. The van der Waals surface area contributed by atoms with Gasteiger partial charge in [0.1, 0.15) is 16.4 Å². The molecule has 1 saturated heterocycles. The lowest BCUT2D eigenvalue weighted by molar-refractivity contribution is 0.184. The van der Waals surface area contributed by atoms with E-state index < -0.39 is 10.7 Å². The Labute approximate surface area is 194 Å². The third-order valence-corrected chi connectivity index (χ3v) is 6.40. The van der Waals surface area contributed by atoms with Crippen molar-refractivity contribution >= 4 is 10.7 Å². The molecule has 4 aromatic rings. The molecule has 0 spiro atoms. The molecule has 1 atom stereocenters. The van der Waals surface area contributed by atoms with Crippen molar-refractivity contribution in [1.29, 1.82) is 0 Å². The van der Waals surface area contributed by atoms with Crippen LogP contribution in [0.15, 0.2) is 67.0 Å². The normalized spacial score (nSPS) is 15.9. The molecule has 5 rings (SSSR count). The van der Waals surface area contributed by atoms with Crippen LogP contribution in [0.4, 0.5) is 0 Å². The number of rotatable bonds is 6. The maximum absolute atomic E-state index is 11.0. The van der Waals surface area contributed by atoms with Gasteiger partial charge in [0, 0.05) is 35.8 Å². The Morgan fingerprint density at radius 2 is 1.91 bits per heavy atom. The van der Waals surface area contributed by atoms with Gasteiger partial charge in [0.25, 0.3) is 0 Å². The Balaban J connectivity index is 1.56. The van der Waals surface area contributed by atoms with Crippen LogP contribution >= 0.6 is 0 Å². The fourth-order valence-electron chi connectivity index (χ4n) is 4.07. The molecule has 0 N–H and O–H groups in total. The Bertz CT molecular complexity index is 1350. The van der Waals surface area contributed by atoms with Crippen LogP contribution in [0.25, 0.3) is 33.8 Å². The fraction of sp³-hybridized carbons (Fsp3) is 0.240. The van der Waals surface area contributed by atoms with Crippen LogP contribution in [0.5, 0.6) is 0 Å². The second-order valence-electron chi connectivity index (χ2n) is 8.17. The first-order valence-corrected chi connectivity index (χ1v) is 12.2. The van der Waals surface area contributed by atoms with Gasteiger partial charge in [-0.25, -0.2) is 8.42 Å². The highest BCUT2D eigenvalue weighted by atomic mass is 32.2. The zero-order valence-corrected chi connectivity index (χ0v) is 19.1. The van der Waals surface area contributed by atoms with Gasteiger partial charge < -0.3 is 4.74 Å². The first kappa shape index (κ1) is 21.5. The third-order valence-electron chi connectivity index (χ3n) is 5.77. The summed E-state index contributed by atoms with van der Waals surface area (Å²) in [7, 11) is -2.45. The lowest BCUT2D eigenvalue weighted by atomic mass is 10.0. The van der Waals surface area contributed by atoms with Gasteiger partial charge in [-0.15, -0.1) is 0 Å². The molecule has 7 nitrogen and oxygen atoms in total. The van der Waals surface area contributed by atoms with E-state index in [0.717, 1.165) is 58.1 Å². The predicted molar refractivity (Wildman–Crippen MR) is 127 cm³/mol. The van der Waals surface area contributed by atoms with E-state index >= 15 is 0 Å². The highest BCUT2D eigenvalue weighted by Crippen LogP contribution is 2.34. The lowest BCUT2D eigenvalue weighted by Gasteiger charge is -2.07. The molecule has 0 radical (unpaired) electrons. The van der Waals surface area contributed by atoms with E-state index in [1.165, 1.54) is 0 Å². The highest BCUT2D eigenvalue weighted by Gasteiger charge is 2.22. The fourth-order valence-corrected chi connectivity index (χ4v) is 4.58. The summed E-state index contributed by atoms with van der Waals surface area (Å²) in [6, 6.07) is 17.6. The topological polar surface area (TPSA) is 87.0 Å². The van der Waals surface area contributed by atoms with Gasteiger partial charge in [-0.3, -0.25) is 14.6 Å². The van der Waals surface area contributed by atoms with Crippen LogP contribution in [0.3, 0.4) is 0 Å². The number of hydrogen-bond acceptors (Lipinski definition) is 6. The Morgan fingerprint density at radius 1 is 1.06 bits per heavy atom. The second-order valence-corrected chi connectivity index (χ2v) is 9.15. The number of ether oxygens (including phenoxy) is 1. The number of pyridine rings is 2. The van der Waals surface area contributed by atoms with E-state index in [4.69, 9.17) is 14.8 Å². The average Bonchev–Trinajstić information content (AvgIpc) is 3.50. The summed E-state index contributed by atoms with van der Waals surface area (Å²) >= 11 is 0. The zero-order chi connectivity index (χ0) is 22.8. The van der Waals surface area contributed by atoms with Crippen LogP contribution in [-0.4, -0.2) is 41.4 Å². The molecule has 1 aliphatic rings. The van der Waals surface area contributed by atoms with Crippen molar-refractivity contribution in [1.82, 2.24) is 19.7 Å². The summed E-state index contributed by atoms with van der Waals surface area (Å²) in [6.07, 6.45) is 4.80. The molecule has 168 valence electrons. The van der Waals surface area contributed by atoms with Crippen molar-refractivity contribution in [2.75, 3.05) is 13.2 Å². The predicted octanol–water partition coefficient (Wildman–Crippen LogP) is 4.06. The number of nitrogens with zero attached hydrogens (tertiary/aromatic N) is 4. The Morgan fingerprint density at radius 3 is 2.64 bits per heavy atom. The molecule has 0 unspecified atom stereocenters. The standard InChI is InChI=1S/C25H24N4O3S/c1-17-3-2-4-23(27-17)25-22(14-29(28-25)21-10-12-32-15-21)20-9-11-26-24(13-20)19-7-5-18(6-8-19)16-33(30)31/h2-9,11,13-14,21,33H,10,12,15-16H2,1H3/t21-/m1/s1. The number of thiol groups is 1. The van der Waals surface area contributed by atoms with Gasteiger partial charge in [0.05, 0.1) is 29.8 Å². The minimum atomic E-state index is -2.45. The van der Waals surface area contributed by atoms with Gasteiger partial charge >= 0.3 is 0 Å². The van der Waals surface area contributed by atoms with E-state index in [1.807, 2.05) is 66.2 Å². The molecule has 1 aromatic carbocycles. The van der Waals surface area contributed by atoms with Crippen molar-refractivity contribution in [3.05, 3.63) is 78.2 Å². The number of aryl methyl sites for hydroxylation is 1. The molecule has 8 heteroatoms.